The normalized spacial score (nSPS) is 11.6. The Bertz CT molecular complexity index is 1040. The Kier molecular flexibility index (Phi) is 7.32. The van der Waals surface area contributed by atoms with Crippen LogP contribution in [0.15, 0.2) is 59.8 Å². The zero-order valence-electron chi connectivity index (χ0n) is 17.9. The van der Waals surface area contributed by atoms with Crippen molar-refractivity contribution in [2.24, 2.45) is 0 Å². The highest BCUT2D eigenvalue weighted by Crippen LogP contribution is 2.23. The lowest BCUT2D eigenvalue weighted by Crippen LogP contribution is -2.30. The van der Waals surface area contributed by atoms with Crippen molar-refractivity contribution in [2.75, 3.05) is 20.8 Å². The molecule has 0 bridgehead atoms. The highest BCUT2D eigenvalue weighted by atomic mass is 32.2. The molecule has 3 aromatic rings. The number of ether oxygens (including phenoxy) is 2. The van der Waals surface area contributed by atoms with Gasteiger partial charge in [-0.3, -0.25) is 0 Å². The molecule has 0 spiro atoms. The zero-order chi connectivity index (χ0) is 22.4. The lowest BCUT2D eigenvalue weighted by atomic mass is 10.2. The van der Waals surface area contributed by atoms with Crippen LogP contribution in [-0.4, -0.2) is 48.2 Å². The first-order valence-electron chi connectivity index (χ1n) is 9.78. The second-order valence-corrected chi connectivity index (χ2v) is 8.90. The fraction of sp³-hybridized carbons (Fsp3) is 0.318. The topological polar surface area (TPSA) is 93.9 Å². The van der Waals surface area contributed by atoms with E-state index in [1.54, 1.807) is 50.0 Å². The number of nitrogens with zero attached hydrogens (tertiary/aromatic N) is 3. The molecule has 0 unspecified atom stereocenters. The molecule has 9 heteroatoms. The maximum atomic E-state index is 13.5. The number of sulfonamides is 1. The number of hydrogen-bond donors (Lipinski definition) is 1. The summed E-state index contributed by atoms with van der Waals surface area (Å²) in [5, 5.41) is 9.17. The van der Waals surface area contributed by atoms with Crippen molar-refractivity contribution in [2.45, 2.75) is 31.6 Å². The zero-order valence-corrected chi connectivity index (χ0v) is 18.7. The summed E-state index contributed by atoms with van der Waals surface area (Å²) in [5.41, 5.74) is 1.65. The average Bonchev–Trinajstić information content (AvgIpc) is 3.15. The van der Waals surface area contributed by atoms with E-state index in [1.807, 2.05) is 24.3 Å². The number of hydrogen-bond acceptors (Lipinski definition) is 6. The molecule has 3 rings (SSSR count). The van der Waals surface area contributed by atoms with Gasteiger partial charge in [0.15, 0.2) is 5.03 Å². The molecule has 31 heavy (non-hydrogen) atoms. The van der Waals surface area contributed by atoms with E-state index in [1.165, 1.54) is 10.5 Å². The molecule has 0 saturated heterocycles. The van der Waals surface area contributed by atoms with E-state index in [2.05, 4.69) is 4.98 Å². The summed E-state index contributed by atoms with van der Waals surface area (Å²) in [6.07, 6.45) is 1.47. The van der Waals surface area contributed by atoms with E-state index in [0.29, 0.717) is 17.3 Å². The van der Waals surface area contributed by atoms with Gasteiger partial charge in [0.25, 0.3) is 10.0 Å². The van der Waals surface area contributed by atoms with Crippen molar-refractivity contribution in [3.8, 4) is 11.5 Å². The minimum atomic E-state index is -3.89. The van der Waals surface area contributed by atoms with E-state index in [4.69, 9.17) is 9.47 Å². The molecule has 1 aromatic heterocycles. The standard InChI is InChI=1S/C22H27N3O5S/c1-17-23-22(16-24(17)12-13-26)31(27,28)25(14-18-4-8-20(29-2)9-5-18)15-19-6-10-21(30-3)11-7-19/h4-11,16,26H,12-15H2,1-3H3. The van der Waals surface area contributed by atoms with Crippen molar-refractivity contribution in [1.82, 2.24) is 13.9 Å². The monoisotopic (exact) mass is 445 g/mol. The Hall–Kier alpha value is -2.88. The number of aryl methyl sites for hydroxylation is 1. The van der Waals surface area contributed by atoms with Crippen molar-refractivity contribution in [1.29, 1.82) is 0 Å². The molecule has 0 aliphatic rings. The second kappa shape index (κ2) is 9.95. The lowest BCUT2D eigenvalue weighted by Gasteiger charge is -2.21. The number of benzene rings is 2. The molecule has 2 aromatic carbocycles. The van der Waals surface area contributed by atoms with Crippen LogP contribution >= 0.6 is 0 Å². The van der Waals surface area contributed by atoms with Crippen molar-refractivity contribution in [3.63, 3.8) is 0 Å². The highest BCUT2D eigenvalue weighted by molar-refractivity contribution is 7.89. The van der Waals surface area contributed by atoms with Crippen molar-refractivity contribution < 1.29 is 23.0 Å². The summed E-state index contributed by atoms with van der Waals surface area (Å²) in [6, 6.07) is 14.6. The van der Waals surface area contributed by atoms with Gasteiger partial charge in [0, 0.05) is 25.8 Å². The largest absolute Gasteiger partial charge is 0.497 e. The maximum absolute atomic E-state index is 13.5. The third kappa shape index (κ3) is 5.43. The summed E-state index contributed by atoms with van der Waals surface area (Å²) in [7, 11) is -0.724. The molecule has 0 aliphatic heterocycles. The molecule has 166 valence electrons. The first kappa shape index (κ1) is 22.8. The van der Waals surface area contributed by atoms with Gasteiger partial charge in [-0.15, -0.1) is 0 Å². The van der Waals surface area contributed by atoms with Gasteiger partial charge in [0.1, 0.15) is 17.3 Å². The Morgan fingerprint density at radius 3 is 1.84 bits per heavy atom. The maximum Gasteiger partial charge on any atom is 0.262 e. The van der Waals surface area contributed by atoms with Gasteiger partial charge in [0.2, 0.25) is 0 Å². The quantitative estimate of drug-likeness (QED) is 0.516. The van der Waals surface area contributed by atoms with E-state index in [0.717, 1.165) is 11.1 Å². The molecule has 1 heterocycles. The van der Waals surface area contributed by atoms with Gasteiger partial charge >= 0.3 is 0 Å². The van der Waals surface area contributed by atoms with Crippen LogP contribution in [-0.2, 0) is 29.7 Å². The highest BCUT2D eigenvalue weighted by Gasteiger charge is 2.28. The Morgan fingerprint density at radius 1 is 0.935 bits per heavy atom. The van der Waals surface area contributed by atoms with Gasteiger partial charge < -0.3 is 19.1 Å². The Labute approximate surface area is 182 Å². The van der Waals surface area contributed by atoms with Gasteiger partial charge in [-0.2, -0.15) is 4.31 Å². The summed E-state index contributed by atoms with van der Waals surface area (Å²) in [4.78, 5) is 4.24. The number of aromatic nitrogens is 2. The third-order valence-corrected chi connectivity index (χ3v) is 6.60. The average molecular weight is 446 g/mol. The molecular formula is C22H27N3O5S. The van der Waals surface area contributed by atoms with E-state index in [-0.39, 0.29) is 31.3 Å². The van der Waals surface area contributed by atoms with Gasteiger partial charge in [-0.05, 0) is 42.3 Å². The van der Waals surface area contributed by atoms with E-state index >= 15 is 0 Å². The molecule has 0 fully saturated rings. The number of aliphatic hydroxyl groups excluding tert-OH is 1. The summed E-state index contributed by atoms with van der Waals surface area (Å²) >= 11 is 0. The molecule has 8 nitrogen and oxygen atoms in total. The minimum Gasteiger partial charge on any atom is -0.497 e. The molecule has 0 amide bonds. The van der Waals surface area contributed by atoms with Crippen LogP contribution in [0, 0.1) is 6.92 Å². The van der Waals surface area contributed by atoms with Crippen LogP contribution < -0.4 is 9.47 Å². The van der Waals surface area contributed by atoms with Crippen LogP contribution in [0.5, 0.6) is 11.5 Å². The predicted octanol–water partition coefficient (Wildman–Crippen LogP) is 2.59. The van der Waals surface area contributed by atoms with Crippen LogP contribution in [0.2, 0.25) is 0 Å². The third-order valence-electron chi connectivity index (χ3n) is 4.94. The van der Waals surface area contributed by atoms with Crippen LogP contribution in [0.25, 0.3) is 0 Å². The van der Waals surface area contributed by atoms with Crippen molar-refractivity contribution >= 4 is 10.0 Å². The fourth-order valence-corrected chi connectivity index (χ4v) is 4.58. The first-order valence-corrected chi connectivity index (χ1v) is 11.2. The molecule has 0 aliphatic carbocycles. The molecule has 0 atom stereocenters. The summed E-state index contributed by atoms with van der Waals surface area (Å²) in [5.74, 6) is 1.93. The smallest absolute Gasteiger partial charge is 0.262 e. The molecule has 0 radical (unpaired) electrons. The summed E-state index contributed by atoms with van der Waals surface area (Å²) < 4.78 is 40.4. The number of methoxy groups -OCH3 is 2. The van der Waals surface area contributed by atoms with E-state index in [9.17, 15) is 13.5 Å². The molecule has 1 N–H and O–H groups in total. The molecule has 0 saturated carbocycles. The number of rotatable bonds is 10. The number of imidazole rings is 1. The minimum absolute atomic E-state index is 0.0412. The second-order valence-electron chi connectivity index (χ2n) is 7.01. The number of aliphatic hydroxyl groups is 1. The van der Waals surface area contributed by atoms with Gasteiger partial charge in [0.05, 0.1) is 20.8 Å². The van der Waals surface area contributed by atoms with Crippen LogP contribution in [0.1, 0.15) is 17.0 Å². The molecular weight excluding hydrogens is 418 g/mol. The summed E-state index contributed by atoms with van der Waals surface area (Å²) in [6.45, 7) is 2.24. The van der Waals surface area contributed by atoms with E-state index < -0.39 is 10.0 Å². The SMILES string of the molecule is COc1ccc(CN(Cc2ccc(OC)cc2)S(=O)(=O)c2cn(CCO)c(C)n2)cc1. The lowest BCUT2D eigenvalue weighted by molar-refractivity contribution is 0.274. The van der Waals surface area contributed by atoms with Crippen LogP contribution in [0.3, 0.4) is 0 Å². The fourth-order valence-electron chi connectivity index (χ4n) is 3.16. The Balaban J connectivity index is 1.95. The van der Waals surface area contributed by atoms with Crippen molar-refractivity contribution in [3.05, 3.63) is 71.7 Å². The van der Waals surface area contributed by atoms with Gasteiger partial charge in [-0.25, -0.2) is 13.4 Å². The van der Waals surface area contributed by atoms with Gasteiger partial charge in [-0.1, -0.05) is 24.3 Å². The Morgan fingerprint density at radius 2 is 1.42 bits per heavy atom. The first-order chi connectivity index (χ1) is 14.9. The van der Waals surface area contributed by atoms with Crippen LogP contribution in [0.4, 0.5) is 0 Å². The predicted molar refractivity (Wildman–Crippen MR) is 116 cm³/mol.